The maximum Gasteiger partial charge on any atom is 0.268 e. The maximum absolute atomic E-state index is 13.4. The van der Waals surface area contributed by atoms with Crippen molar-refractivity contribution in [3.63, 3.8) is 0 Å². The van der Waals surface area contributed by atoms with Gasteiger partial charge in [-0.3, -0.25) is 4.79 Å². The van der Waals surface area contributed by atoms with Gasteiger partial charge in [-0.05, 0) is 67.7 Å². The molecule has 0 aliphatic carbocycles. The number of hydrogen-bond donors (Lipinski definition) is 1. The number of halogens is 2. The third kappa shape index (κ3) is 5.33. The summed E-state index contributed by atoms with van der Waals surface area (Å²) < 4.78 is 13.4. The highest BCUT2D eigenvalue weighted by Crippen LogP contribution is 2.29. The fourth-order valence-electron chi connectivity index (χ4n) is 2.78. The standard InChI is InChI=1S/C22H26ClFN2O/c1-5-15(3)20-11-10-18(23)14-26(20)21(16(4)6-2)22(27)25-13-17-8-7-9-19(24)12-17/h7-12,14H,5-6,13H2,1-4H3,(H,25,27)/b20-15?,21-16+. The smallest absolute Gasteiger partial charge is 0.268 e. The van der Waals surface area contributed by atoms with Gasteiger partial charge in [0.1, 0.15) is 11.5 Å². The molecule has 27 heavy (non-hydrogen) atoms. The van der Waals surface area contributed by atoms with Crippen LogP contribution in [0.15, 0.2) is 70.2 Å². The summed E-state index contributed by atoms with van der Waals surface area (Å²) in [7, 11) is 0. The van der Waals surface area contributed by atoms with Gasteiger partial charge in [-0.1, -0.05) is 37.6 Å². The maximum atomic E-state index is 13.4. The van der Waals surface area contributed by atoms with Crippen molar-refractivity contribution in [3.05, 3.63) is 81.6 Å². The molecule has 0 saturated heterocycles. The molecule has 0 atom stereocenters. The number of carbonyl (C=O) groups excluding carboxylic acids is 1. The molecule has 0 bridgehead atoms. The minimum Gasteiger partial charge on any atom is -0.347 e. The lowest BCUT2D eigenvalue weighted by molar-refractivity contribution is -0.118. The van der Waals surface area contributed by atoms with Gasteiger partial charge in [-0.15, -0.1) is 0 Å². The molecule has 1 aliphatic heterocycles. The topological polar surface area (TPSA) is 32.3 Å². The van der Waals surface area contributed by atoms with Crippen molar-refractivity contribution in [2.45, 2.75) is 47.1 Å². The predicted molar refractivity (Wildman–Crippen MR) is 109 cm³/mol. The SMILES string of the molecule is CCC(C)=C1C=CC(Cl)=CN1/C(C(=O)NCc1cccc(F)c1)=C(\C)CC. The monoisotopic (exact) mass is 388 g/mol. The van der Waals surface area contributed by atoms with Crippen molar-refractivity contribution in [1.82, 2.24) is 10.2 Å². The van der Waals surface area contributed by atoms with E-state index in [1.54, 1.807) is 18.3 Å². The molecule has 0 radical (unpaired) electrons. The first-order chi connectivity index (χ1) is 12.9. The fraction of sp³-hybridized carbons (Fsp3) is 0.318. The van der Waals surface area contributed by atoms with Crippen molar-refractivity contribution in [2.75, 3.05) is 0 Å². The Labute approximate surface area is 165 Å². The lowest BCUT2D eigenvalue weighted by Crippen LogP contribution is -2.34. The largest absolute Gasteiger partial charge is 0.347 e. The number of benzene rings is 1. The zero-order chi connectivity index (χ0) is 20.0. The highest BCUT2D eigenvalue weighted by atomic mass is 35.5. The van der Waals surface area contributed by atoms with Gasteiger partial charge in [0, 0.05) is 18.4 Å². The number of nitrogens with zero attached hydrogens (tertiary/aromatic N) is 1. The molecule has 1 aromatic carbocycles. The number of rotatable bonds is 6. The molecule has 3 nitrogen and oxygen atoms in total. The van der Waals surface area contributed by atoms with E-state index in [4.69, 9.17) is 11.6 Å². The Hall–Kier alpha value is -2.33. The van der Waals surface area contributed by atoms with Crippen molar-refractivity contribution < 1.29 is 9.18 Å². The average molecular weight is 389 g/mol. The molecule has 1 amide bonds. The van der Waals surface area contributed by atoms with E-state index in [0.29, 0.717) is 16.3 Å². The summed E-state index contributed by atoms with van der Waals surface area (Å²) >= 11 is 6.23. The van der Waals surface area contributed by atoms with Gasteiger partial charge >= 0.3 is 0 Å². The molecule has 0 unspecified atom stereocenters. The van der Waals surface area contributed by atoms with E-state index in [-0.39, 0.29) is 18.3 Å². The van der Waals surface area contributed by atoms with Crippen LogP contribution in [0.3, 0.4) is 0 Å². The zero-order valence-corrected chi connectivity index (χ0v) is 17.0. The summed E-state index contributed by atoms with van der Waals surface area (Å²) in [6, 6.07) is 6.22. The molecule has 5 heteroatoms. The number of carbonyl (C=O) groups is 1. The van der Waals surface area contributed by atoms with Crippen LogP contribution >= 0.6 is 11.6 Å². The Bertz CT molecular complexity index is 836. The van der Waals surface area contributed by atoms with E-state index in [2.05, 4.69) is 12.2 Å². The highest BCUT2D eigenvalue weighted by Gasteiger charge is 2.23. The van der Waals surface area contributed by atoms with Crippen molar-refractivity contribution in [2.24, 2.45) is 0 Å². The molecule has 0 spiro atoms. The summed E-state index contributed by atoms with van der Waals surface area (Å²) in [5.41, 5.74) is 4.32. The van der Waals surface area contributed by atoms with Crippen molar-refractivity contribution in [1.29, 1.82) is 0 Å². The zero-order valence-electron chi connectivity index (χ0n) is 16.3. The van der Waals surface area contributed by atoms with Gasteiger partial charge in [-0.25, -0.2) is 4.39 Å². The molecule has 2 rings (SSSR count). The van der Waals surface area contributed by atoms with Gasteiger partial charge in [0.25, 0.3) is 5.91 Å². The lowest BCUT2D eigenvalue weighted by Gasteiger charge is -2.30. The summed E-state index contributed by atoms with van der Waals surface area (Å²) in [5, 5.41) is 3.46. The molecule has 1 aromatic rings. The molecule has 1 heterocycles. The third-order valence-electron chi connectivity index (χ3n) is 4.61. The molecule has 0 aromatic heterocycles. The van der Waals surface area contributed by atoms with Gasteiger partial charge in [-0.2, -0.15) is 0 Å². The first kappa shape index (κ1) is 21.0. The van der Waals surface area contributed by atoms with E-state index in [9.17, 15) is 9.18 Å². The van der Waals surface area contributed by atoms with Crippen LogP contribution in [0.4, 0.5) is 4.39 Å². The van der Waals surface area contributed by atoms with Gasteiger partial charge < -0.3 is 10.2 Å². The minimum atomic E-state index is -0.318. The second-order valence-corrected chi connectivity index (χ2v) is 6.97. The van der Waals surface area contributed by atoms with Crippen LogP contribution in [0.2, 0.25) is 0 Å². The van der Waals surface area contributed by atoms with Crippen molar-refractivity contribution in [3.8, 4) is 0 Å². The quantitative estimate of drug-likeness (QED) is 0.628. The fourth-order valence-corrected chi connectivity index (χ4v) is 2.94. The normalized spacial score (nSPS) is 16.7. The van der Waals surface area contributed by atoms with Crippen LogP contribution < -0.4 is 5.32 Å². The van der Waals surface area contributed by atoms with Gasteiger partial charge in [0.15, 0.2) is 0 Å². The van der Waals surface area contributed by atoms with Crippen LogP contribution in [0.25, 0.3) is 0 Å². The van der Waals surface area contributed by atoms with Gasteiger partial charge in [0.05, 0.1) is 5.03 Å². The third-order valence-corrected chi connectivity index (χ3v) is 4.84. The highest BCUT2D eigenvalue weighted by molar-refractivity contribution is 6.31. The molecular formula is C22H26ClFN2O. The Kier molecular flexibility index (Phi) is 7.43. The second-order valence-electron chi connectivity index (χ2n) is 6.53. The van der Waals surface area contributed by atoms with Gasteiger partial charge in [0.2, 0.25) is 0 Å². The van der Waals surface area contributed by atoms with Crippen LogP contribution in [0, 0.1) is 5.82 Å². The van der Waals surface area contributed by atoms with Crippen LogP contribution in [-0.4, -0.2) is 10.8 Å². The average Bonchev–Trinajstić information content (AvgIpc) is 2.66. The summed E-state index contributed by atoms with van der Waals surface area (Å²) in [5.74, 6) is -0.530. The first-order valence-electron chi connectivity index (χ1n) is 9.14. The Morgan fingerprint density at radius 2 is 1.93 bits per heavy atom. The van der Waals surface area contributed by atoms with E-state index in [0.717, 1.165) is 29.7 Å². The second kappa shape index (κ2) is 9.56. The Morgan fingerprint density at radius 1 is 1.19 bits per heavy atom. The number of amides is 1. The number of allylic oxidation sites excluding steroid dienone is 5. The molecular weight excluding hydrogens is 363 g/mol. The van der Waals surface area contributed by atoms with E-state index in [1.165, 1.54) is 12.1 Å². The summed E-state index contributed by atoms with van der Waals surface area (Å²) in [6.45, 7) is 8.33. The minimum absolute atomic E-state index is 0.212. The molecule has 144 valence electrons. The summed E-state index contributed by atoms with van der Waals surface area (Å²) in [4.78, 5) is 14.9. The predicted octanol–water partition coefficient (Wildman–Crippen LogP) is 5.76. The van der Waals surface area contributed by atoms with Crippen LogP contribution in [0.5, 0.6) is 0 Å². The summed E-state index contributed by atoms with van der Waals surface area (Å²) in [6.07, 6.45) is 7.13. The number of hydrogen-bond acceptors (Lipinski definition) is 2. The molecule has 0 saturated carbocycles. The van der Waals surface area contributed by atoms with E-state index in [1.807, 2.05) is 37.8 Å². The van der Waals surface area contributed by atoms with Crippen LogP contribution in [0.1, 0.15) is 46.1 Å². The molecule has 0 fully saturated rings. The van der Waals surface area contributed by atoms with Crippen molar-refractivity contribution >= 4 is 17.5 Å². The number of nitrogens with one attached hydrogen (secondary N) is 1. The van der Waals surface area contributed by atoms with Crippen LogP contribution in [-0.2, 0) is 11.3 Å². The van der Waals surface area contributed by atoms with E-state index >= 15 is 0 Å². The molecule has 1 N–H and O–H groups in total. The lowest BCUT2D eigenvalue weighted by atomic mass is 10.1. The first-order valence-corrected chi connectivity index (χ1v) is 9.51. The molecule has 1 aliphatic rings. The van der Waals surface area contributed by atoms with E-state index < -0.39 is 0 Å². The Morgan fingerprint density at radius 3 is 2.56 bits per heavy atom. The Balaban J connectivity index is 2.34.